The van der Waals surface area contributed by atoms with Crippen LogP contribution in [0.2, 0.25) is 0 Å². The summed E-state index contributed by atoms with van der Waals surface area (Å²) in [6.07, 6.45) is 5.11. The molecule has 20 heavy (non-hydrogen) atoms. The summed E-state index contributed by atoms with van der Waals surface area (Å²) in [5.41, 5.74) is 0.569. The molecule has 0 aromatic carbocycles. The van der Waals surface area contributed by atoms with E-state index >= 15 is 0 Å². The quantitative estimate of drug-likeness (QED) is 0.772. The summed E-state index contributed by atoms with van der Waals surface area (Å²) in [6.45, 7) is 7.93. The minimum absolute atomic E-state index is 0.0693. The van der Waals surface area contributed by atoms with Gasteiger partial charge in [-0.15, -0.1) is 0 Å². The van der Waals surface area contributed by atoms with E-state index < -0.39 is 0 Å². The van der Waals surface area contributed by atoms with Crippen molar-refractivity contribution < 1.29 is 9.53 Å². The number of fused-ring (bicyclic) bond motifs is 5. The van der Waals surface area contributed by atoms with Crippen LogP contribution in [0.5, 0.6) is 0 Å². The lowest BCUT2D eigenvalue weighted by Gasteiger charge is -2.85. The fraction of sp³-hybridized carbons (Fsp3) is 0.944. The predicted octanol–water partition coefficient (Wildman–Crippen LogP) is 3.30. The Labute approximate surface area is 121 Å². The second-order valence-corrected chi connectivity index (χ2v) is 8.46. The number of ether oxygens (including phenoxy) is 1. The van der Waals surface area contributed by atoms with Crippen LogP contribution in [-0.4, -0.2) is 18.5 Å². The summed E-state index contributed by atoms with van der Waals surface area (Å²) in [5.74, 6) is 5.34. The van der Waals surface area contributed by atoms with Crippen LogP contribution in [0.15, 0.2) is 0 Å². The van der Waals surface area contributed by atoms with Gasteiger partial charge in [0.25, 0.3) is 0 Å². The molecule has 5 fully saturated rings. The Kier molecular flexibility index (Phi) is 2.04. The monoisotopic (exact) mass is 274 g/mol. The number of ketones is 1. The van der Waals surface area contributed by atoms with E-state index in [-0.39, 0.29) is 5.41 Å². The van der Waals surface area contributed by atoms with Crippen LogP contribution in [0.3, 0.4) is 0 Å². The van der Waals surface area contributed by atoms with Gasteiger partial charge in [0.15, 0.2) is 0 Å². The molecule has 0 bridgehead atoms. The minimum Gasteiger partial charge on any atom is -0.378 e. The lowest BCUT2D eigenvalue weighted by Crippen LogP contribution is -2.85. The molecular formula is C18H26O2. The van der Waals surface area contributed by atoms with Gasteiger partial charge >= 0.3 is 0 Å². The third kappa shape index (κ3) is 0.875. The van der Waals surface area contributed by atoms with E-state index in [0.717, 1.165) is 42.6 Å². The first-order valence-corrected chi connectivity index (χ1v) is 8.74. The minimum atomic E-state index is 0.0693. The van der Waals surface area contributed by atoms with Gasteiger partial charge in [0.2, 0.25) is 0 Å². The van der Waals surface area contributed by atoms with E-state index in [2.05, 4.69) is 20.8 Å². The van der Waals surface area contributed by atoms with Crippen molar-refractivity contribution in [3.63, 3.8) is 0 Å². The molecule has 1 heterocycles. The van der Waals surface area contributed by atoms with E-state index in [4.69, 9.17) is 4.74 Å². The average molecular weight is 274 g/mol. The molecular weight excluding hydrogens is 248 g/mol. The van der Waals surface area contributed by atoms with Crippen LogP contribution >= 0.6 is 0 Å². The van der Waals surface area contributed by atoms with Crippen molar-refractivity contribution >= 4 is 5.78 Å². The number of hydrogen-bond donors (Lipinski definition) is 0. The maximum absolute atomic E-state index is 12.4. The van der Waals surface area contributed by atoms with Gasteiger partial charge in [-0.2, -0.15) is 0 Å². The average Bonchev–Trinajstić information content (AvgIpc) is 2.84. The van der Waals surface area contributed by atoms with E-state index in [1.807, 2.05) is 0 Å². The number of rotatable bonds is 2. The zero-order valence-electron chi connectivity index (χ0n) is 12.9. The van der Waals surface area contributed by atoms with Gasteiger partial charge < -0.3 is 4.74 Å². The molecule has 110 valence electrons. The maximum Gasteiger partial charge on any atom is 0.139 e. The highest BCUT2D eigenvalue weighted by atomic mass is 16.5. The molecule has 2 nitrogen and oxygen atoms in total. The smallest absolute Gasteiger partial charge is 0.139 e. The summed E-state index contributed by atoms with van der Waals surface area (Å²) >= 11 is 0. The normalized spacial score (nSPS) is 65.3. The SMILES string of the molecule is CCC[C@H]1[C@H]2[C@H]3[C@H]([C@@H]4CCC(=O)[C@]34C)C23[C@@H]1CO[C@@H]3C. The van der Waals surface area contributed by atoms with E-state index in [1.165, 1.54) is 19.3 Å². The first-order valence-electron chi connectivity index (χ1n) is 8.74. The summed E-state index contributed by atoms with van der Waals surface area (Å²) in [5, 5.41) is 0. The molecule has 1 spiro atoms. The Morgan fingerprint density at radius 3 is 2.80 bits per heavy atom. The first kappa shape index (κ1) is 12.2. The highest BCUT2D eigenvalue weighted by molar-refractivity contribution is 5.89. The summed E-state index contributed by atoms with van der Waals surface area (Å²) in [4.78, 5) is 12.4. The third-order valence-corrected chi connectivity index (χ3v) is 8.58. The molecule has 5 aliphatic rings. The molecule has 2 heteroatoms. The molecule has 0 aromatic rings. The molecule has 4 saturated carbocycles. The van der Waals surface area contributed by atoms with Gasteiger partial charge in [-0.05, 0) is 48.9 Å². The lowest BCUT2D eigenvalue weighted by atomic mass is 9.17. The lowest BCUT2D eigenvalue weighted by molar-refractivity contribution is -0.385. The Balaban J connectivity index is 1.55. The van der Waals surface area contributed by atoms with Gasteiger partial charge in [-0.3, -0.25) is 4.79 Å². The van der Waals surface area contributed by atoms with Crippen LogP contribution in [0.1, 0.15) is 46.5 Å². The highest BCUT2D eigenvalue weighted by Crippen LogP contribution is 2.89. The van der Waals surface area contributed by atoms with Crippen LogP contribution in [0.25, 0.3) is 0 Å². The van der Waals surface area contributed by atoms with Crippen molar-refractivity contribution in [3.8, 4) is 0 Å². The van der Waals surface area contributed by atoms with Gasteiger partial charge in [-0.25, -0.2) is 0 Å². The van der Waals surface area contributed by atoms with Crippen molar-refractivity contribution in [2.45, 2.75) is 52.6 Å². The third-order valence-electron chi connectivity index (χ3n) is 8.58. The number of carbonyl (C=O) groups is 1. The number of hydrogen-bond acceptors (Lipinski definition) is 2. The van der Waals surface area contributed by atoms with Crippen LogP contribution in [0.4, 0.5) is 0 Å². The van der Waals surface area contributed by atoms with Gasteiger partial charge in [0.1, 0.15) is 5.78 Å². The fourth-order valence-electron chi connectivity index (χ4n) is 8.08. The molecule has 9 atom stereocenters. The van der Waals surface area contributed by atoms with Crippen molar-refractivity contribution in [1.29, 1.82) is 0 Å². The van der Waals surface area contributed by atoms with Crippen molar-refractivity contribution in [1.82, 2.24) is 0 Å². The molecule has 0 amide bonds. The fourth-order valence-corrected chi connectivity index (χ4v) is 8.08. The second kappa shape index (κ2) is 3.34. The molecule has 5 rings (SSSR count). The largest absolute Gasteiger partial charge is 0.378 e. The van der Waals surface area contributed by atoms with Crippen LogP contribution in [-0.2, 0) is 9.53 Å². The Morgan fingerprint density at radius 1 is 1.25 bits per heavy atom. The van der Waals surface area contributed by atoms with Crippen LogP contribution in [0, 0.1) is 46.3 Å². The molecule has 1 saturated heterocycles. The van der Waals surface area contributed by atoms with Gasteiger partial charge in [-0.1, -0.05) is 26.7 Å². The molecule has 1 aliphatic heterocycles. The standard InChI is InChI=1S/C18H26O2/c1-4-5-10-12-8-20-9(2)18(12)14(10)16-15(18)11-6-7-13(19)17(11,16)3/h9-12,14-16H,4-8H2,1-3H3/t9-,10-,11+,12-,14+,15+,16+,17-,18?/m1/s1. The molecule has 1 unspecified atom stereocenters. The Hall–Kier alpha value is -0.370. The summed E-state index contributed by atoms with van der Waals surface area (Å²) in [6, 6.07) is 0. The number of carbonyl (C=O) groups excluding carboxylic acids is 1. The topological polar surface area (TPSA) is 26.3 Å². The second-order valence-electron chi connectivity index (χ2n) is 8.46. The maximum atomic E-state index is 12.4. The zero-order chi connectivity index (χ0) is 13.9. The number of Topliss-reactive ketones (excluding diaryl/α,β-unsaturated/α-hetero) is 1. The molecule has 0 radical (unpaired) electrons. The van der Waals surface area contributed by atoms with Gasteiger partial charge in [0, 0.05) is 17.3 Å². The van der Waals surface area contributed by atoms with E-state index in [1.54, 1.807) is 0 Å². The van der Waals surface area contributed by atoms with Crippen LogP contribution < -0.4 is 0 Å². The zero-order valence-corrected chi connectivity index (χ0v) is 12.9. The molecule has 0 N–H and O–H groups in total. The van der Waals surface area contributed by atoms with Gasteiger partial charge in [0.05, 0.1) is 12.7 Å². The van der Waals surface area contributed by atoms with Crippen molar-refractivity contribution in [2.24, 2.45) is 46.3 Å². The predicted molar refractivity (Wildman–Crippen MR) is 76.0 cm³/mol. The van der Waals surface area contributed by atoms with Crippen molar-refractivity contribution in [2.75, 3.05) is 6.61 Å². The summed E-state index contributed by atoms with van der Waals surface area (Å²) in [7, 11) is 0. The van der Waals surface area contributed by atoms with Crippen molar-refractivity contribution in [3.05, 3.63) is 0 Å². The highest BCUT2D eigenvalue weighted by Gasteiger charge is 2.89. The molecule has 4 aliphatic carbocycles. The molecule has 0 aromatic heterocycles. The Morgan fingerprint density at radius 2 is 2.05 bits per heavy atom. The van der Waals surface area contributed by atoms with E-state index in [9.17, 15) is 4.79 Å². The summed E-state index contributed by atoms with van der Waals surface area (Å²) < 4.78 is 6.12. The Bertz CT molecular complexity index is 500. The first-order chi connectivity index (χ1) is 9.59. The van der Waals surface area contributed by atoms with E-state index in [0.29, 0.717) is 23.2 Å².